The smallest absolute Gasteiger partial charge is 0.231 e. The molecule has 7 heteroatoms. The van der Waals surface area contributed by atoms with Gasteiger partial charge < -0.3 is 5.32 Å². The van der Waals surface area contributed by atoms with Gasteiger partial charge in [-0.3, -0.25) is 14.7 Å². The second kappa shape index (κ2) is 5.88. The number of amides is 2. The van der Waals surface area contributed by atoms with E-state index in [0.29, 0.717) is 5.82 Å². The number of hydrogen-bond donors (Lipinski definition) is 2. The monoisotopic (exact) mass is 283 g/mol. The highest BCUT2D eigenvalue weighted by molar-refractivity contribution is 6.13. The van der Waals surface area contributed by atoms with Crippen LogP contribution in [0.1, 0.15) is 19.4 Å². The molecule has 0 radical (unpaired) electrons. The van der Waals surface area contributed by atoms with E-state index >= 15 is 0 Å². The van der Waals surface area contributed by atoms with Crippen LogP contribution in [0.15, 0.2) is 30.3 Å². The van der Waals surface area contributed by atoms with Crippen molar-refractivity contribution in [1.29, 1.82) is 5.26 Å². The quantitative estimate of drug-likeness (QED) is 0.896. The van der Waals surface area contributed by atoms with Crippen molar-refractivity contribution < 1.29 is 9.59 Å². The maximum Gasteiger partial charge on any atom is 0.231 e. The number of carbonyl (C=O) groups is 2. The molecule has 1 aromatic heterocycles. The molecule has 1 heterocycles. The molecule has 2 rings (SSSR count). The van der Waals surface area contributed by atoms with Crippen LogP contribution in [0.5, 0.6) is 0 Å². The van der Waals surface area contributed by atoms with Crippen LogP contribution >= 0.6 is 0 Å². The van der Waals surface area contributed by atoms with Crippen LogP contribution in [0.25, 0.3) is 0 Å². The summed E-state index contributed by atoms with van der Waals surface area (Å²) in [6.07, 6.45) is 0. The number of anilines is 3. The molecule has 0 saturated heterocycles. The average Bonchev–Trinajstić information content (AvgIpc) is 2.81. The molecule has 0 unspecified atom stereocenters. The lowest BCUT2D eigenvalue weighted by Crippen LogP contribution is -2.34. The highest BCUT2D eigenvalue weighted by atomic mass is 16.2. The van der Waals surface area contributed by atoms with E-state index in [1.165, 1.54) is 13.8 Å². The number of aromatic nitrogens is 2. The Balaban J connectivity index is 2.41. The third-order valence-electron chi connectivity index (χ3n) is 2.74. The van der Waals surface area contributed by atoms with Gasteiger partial charge >= 0.3 is 0 Å². The number of nitrogens with zero attached hydrogens (tertiary/aromatic N) is 3. The number of aromatic amines is 1. The van der Waals surface area contributed by atoms with Gasteiger partial charge in [0.25, 0.3) is 0 Å². The molecule has 0 aliphatic rings. The summed E-state index contributed by atoms with van der Waals surface area (Å²) < 4.78 is 0. The van der Waals surface area contributed by atoms with Gasteiger partial charge in [-0.1, -0.05) is 18.2 Å². The van der Waals surface area contributed by atoms with Gasteiger partial charge in [0.2, 0.25) is 11.8 Å². The Kier molecular flexibility index (Phi) is 4.00. The third-order valence-corrected chi connectivity index (χ3v) is 2.74. The SMILES string of the molecule is CC(=O)N(C(C)=O)c1n[nH]c(Nc2ccccc2)c1C#N. The first-order chi connectivity index (χ1) is 10.0. The van der Waals surface area contributed by atoms with E-state index in [1.807, 2.05) is 36.4 Å². The van der Waals surface area contributed by atoms with Crippen molar-refractivity contribution in [1.82, 2.24) is 10.2 Å². The minimum atomic E-state index is -0.503. The Morgan fingerprint density at radius 3 is 2.38 bits per heavy atom. The van der Waals surface area contributed by atoms with Crippen molar-refractivity contribution in [2.24, 2.45) is 0 Å². The number of benzene rings is 1. The molecule has 0 atom stereocenters. The Bertz CT molecular complexity index is 701. The summed E-state index contributed by atoms with van der Waals surface area (Å²) in [6, 6.07) is 11.1. The summed E-state index contributed by atoms with van der Waals surface area (Å²) in [6.45, 7) is 2.48. The zero-order valence-corrected chi connectivity index (χ0v) is 11.5. The molecule has 106 valence electrons. The average molecular weight is 283 g/mol. The molecule has 0 aliphatic heterocycles. The Morgan fingerprint density at radius 2 is 1.86 bits per heavy atom. The lowest BCUT2D eigenvalue weighted by atomic mass is 10.2. The summed E-state index contributed by atoms with van der Waals surface area (Å²) in [7, 11) is 0. The Morgan fingerprint density at radius 1 is 1.24 bits per heavy atom. The number of H-pyrrole nitrogens is 1. The first-order valence-electron chi connectivity index (χ1n) is 6.16. The fraction of sp³-hybridized carbons (Fsp3) is 0.143. The molecule has 0 bridgehead atoms. The molecule has 0 saturated carbocycles. The molecule has 2 amide bonds. The lowest BCUT2D eigenvalue weighted by molar-refractivity contribution is -0.124. The van der Waals surface area contributed by atoms with Gasteiger partial charge in [0.1, 0.15) is 17.5 Å². The summed E-state index contributed by atoms with van der Waals surface area (Å²) >= 11 is 0. The normalized spacial score (nSPS) is 9.76. The van der Waals surface area contributed by atoms with E-state index in [2.05, 4.69) is 15.5 Å². The second-order valence-electron chi connectivity index (χ2n) is 4.27. The summed E-state index contributed by atoms with van der Waals surface area (Å²) in [5.74, 6) is -0.685. The standard InChI is InChI=1S/C14H13N5O2/c1-9(20)19(10(2)21)14-12(8-15)13(17-18-14)16-11-6-4-3-5-7-11/h3-7H,1-2H3,(H2,16,17,18). The number of carbonyl (C=O) groups excluding carboxylic acids is 2. The van der Waals surface area contributed by atoms with Crippen LogP contribution in [0, 0.1) is 11.3 Å². The van der Waals surface area contributed by atoms with Gasteiger partial charge in [0, 0.05) is 19.5 Å². The maximum absolute atomic E-state index is 11.5. The van der Waals surface area contributed by atoms with E-state index in [1.54, 1.807) is 0 Å². The van der Waals surface area contributed by atoms with Gasteiger partial charge in [-0.25, -0.2) is 4.90 Å². The fourth-order valence-electron chi connectivity index (χ4n) is 1.88. The van der Waals surface area contributed by atoms with Gasteiger partial charge in [-0.2, -0.15) is 10.4 Å². The van der Waals surface area contributed by atoms with Crippen LogP contribution in [-0.2, 0) is 9.59 Å². The molecule has 1 aromatic carbocycles. The minimum absolute atomic E-state index is 0.00377. The van der Waals surface area contributed by atoms with E-state index < -0.39 is 11.8 Å². The molecule has 0 aliphatic carbocycles. The molecule has 2 N–H and O–H groups in total. The number of nitriles is 1. The van der Waals surface area contributed by atoms with Gasteiger partial charge in [-0.15, -0.1) is 0 Å². The largest absolute Gasteiger partial charge is 0.339 e. The summed E-state index contributed by atoms with van der Waals surface area (Å²) in [4.78, 5) is 23.9. The maximum atomic E-state index is 11.5. The summed E-state index contributed by atoms with van der Waals surface area (Å²) in [5.41, 5.74) is 0.852. The van der Waals surface area contributed by atoms with Crippen molar-refractivity contribution in [3.63, 3.8) is 0 Å². The van der Waals surface area contributed by atoms with Crippen molar-refractivity contribution in [3.05, 3.63) is 35.9 Å². The predicted molar refractivity (Wildman–Crippen MR) is 76.9 cm³/mol. The van der Waals surface area contributed by atoms with E-state index in [-0.39, 0.29) is 11.4 Å². The third kappa shape index (κ3) is 2.90. The van der Waals surface area contributed by atoms with E-state index in [9.17, 15) is 14.9 Å². The number of nitrogens with one attached hydrogen (secondary N) is 2. The Hall–Kier alpha value is -3.14. The molecule has 0 fully saturated rings. The van der Waals surface area contributed by atoms with Crippen LogP contribution in [0.4, 0.5) is 17.3 Å². The minimum Gasteiger partial charge on any atom is -0.339 e. The van der Waals surface area contributed by atoms with E-state index in [4.69, 9.17) is 0 Å². The fourth-order valence-corrected chi connectivity index (χ4v) is 1.88. The second-order valence-corrected chi connectivity index (χ2v) is 4.27. The van der Waals surface area contributed by atoms with Crippen LogP contribution in [0.2, 0.25) is 0 Å². The van der Waals surface area contributed by atoms with Crippen LogP contribution in [-0.4, -0.2) is 22.0 Å². The Labute approximate surface area is 121 Å². The molecular formula is C14H13N5O2. The summed E-state index contributed by atoms with van der Waals surface area (Å²) in [5, 5.41) is 18.8. The van der Waals surface area contributed by atoms with E-state index in [0.717, 1.165) is 10.6 Å². The van der Waals surface area contributed by atoms with Crippen molar-refractivity contribution in [2.75, 3.05) is 10.2 Å². The van der Waals surface area contributed by atoms with Crippen molar-refractivity contribution >= 4 is 29.1 Å². The number of rotatable bonds is 3. The predicted octanol–water partition coefficient (Wildman–Crippen LogP) is 1.92. The topological polar surface area (TPSA) is 102 Å². The zero-order valence-electron chi connectivity index (χ0n) is 11.5. The number of para-hydroxylation sites is 1. The first kappa shape index (κ1) is 14.3. The zero-order chi connectivity index (χ0) is 15.4. The molecule has 7 nitrogen and oxygen atoms in total. The lowest BCUT2D eigenvalue weighted by Gasteiger charge is -2.13. The first-order valence-corrected chi connectivity index (χ1v) is 6.16. The van der Waals surface area contributed by atoms with Gasteiger partial charge in [0.05, 0.1) is 0 Å². The van der Waals surface area contributed by atoms with Gasteiger partial charge in [0.15, 0.2) is 5.82 Å². The highest BCUT2D eigenvalue weighted by Gasteiger charge is 2.25. The molecule has 21 heavy (non-hydrogen) atoms. The number of imide groups is 1. The van der Waals surface area contributed by atoms with Crippen molar-refractivity contribution in [2.45, 2.75) is 13.8 Å². The van der Waals surface area contributed by atoms with Crippen LogP contribution < -0.4 is 10.2 Å². The van der Waals surface area contributed by atoms with Crippen LogP contribution in [0.3, 0.4) is 0 Å². The molecule has 2 aromatic rings. The van der Waals surface area contributed by atoms with Crippen molar-refractivity contribution in [3.8, 4) is 6.07 Å². The highest BCUT2D eigenvalue weighted by Crippen LogP contribution is 2.26. The van der Waals surface area contributed by atoms with Gasteiger partial charge in [-0.05, 0) is 12.1 Å². The number of hydrogen-bond acceptors (Lipinski definition) is 5. The molecule has 0 spiro atoms. The molecular weight excluding hydrogens is 270 g/mol.